The molecular formula is C14H26N2O2. The van der Waals surface area contributed by atoms with Crippen molar-refractivity contribution in [2.75, 3.05) is 32.7 Å². The van der Waals surface area contributed by atoms with Crippen LogP contribution in [0.1, 0.15) is 44.9 Å². The van der Waals surface area contributed by atoms with Crippen molar-refractivity contribution in [2.45, 2.75) is 51.0 Å². The summed E-state index contributed by atoms with van der Waals surface area (Å²) in [6.45, 7) is 5.07. The highest BCUT2D eigenvalue weighted by Crippen LogP contribution is 2.13. The first-order chi connectivity index (χ1) is 8.75. The van der Waals surface area contributed by atoms with Crippen molar-refractivity contribution in [2.24, 2.45) is 0 Å². The third-order valence-corrected chi connectivity index (χ3v) is 4.11. The lowest BCUT2D eigenvalue weighted by Gasteiger charge is -2.21. The van der Waals surface area contributed by atoms with Gasteiger partial charge in [-0.2, -0.15) is 0 Å². The zero-order chi connectivity index (χ0) is 12.8. The van der Waals surface area contributed by atoms with E-state index < -0.39 is 0 Å². The third-order valence-electron chi connectivity index (χ3n) is 4.11. The highest BCUT2D eigenvalue weighted by Gasteiger charge is 2.19. The Hall–Kier alpha value is -0.610. The zero-order valence-corrected chi connectivity index (χ0v) is 11.3. The van der Waals surface area contributed by atoms with Crippen molar-refractivity contribution in [1.29, 1.82) is 0 Å². The molecule has 2 aliphatic heterocycles. The van der Waals surface area contributed by atoms with E-state index in [1.54, 1.807) is 0 Å². The molecule has 1 N–H and O–H groups in total. The van der Waals surface area contributed by atoms with Gasteiger partial charge in [0.2, 0.25) is 5.91 Å². The Kier molecular flexibility index (Phi) is 5.45. The van der Waals surface area contributed by atoms with E-state index >= 15 is 0 Å². The fourth-order valence-corrected chi connectivity index (χ4v) is 2.95. The van der Waals surface area contributed by atoms with Gasteiger partial charge in [0, 0.05) is 19.5 Å². The van der Waals surface area contributed by atoms with E-state index in [4.69, 9.17) is 0 Å². The number of aliphatic hydroxyl groups is 1. The van der Waals surface area contributed by atoms with Crippen LogP contribution in [0.25, 0.3) is 0 Å². The zero-order valence-electron chi connectivity index (χ0n) is 11.3. The molecule has 2 rings (SSSR count). The van der Waals surface area contributed by atoms with Gasteiger partial charge < -0.3 is 14.9 Å². The molecule has 1 amide bonds. The Bertz CT molecular complexity index is 265. The number of carbonyl (C=O) groups excluding carboxylic acids is 1. The van der Waals surface area contributed by atoms with Crippen LogP contribution in [0.3, 0.4) is 0 Å². The fraction of sp³-hybridized carbons (Fsp3) is 0.929. The molecule has 1 unspecified atom stereocenters. The van der Waals surface area contributed by atoms with E-state index in [9.17, 15) is 9.90 Å². The van der Waals surface area contributed by atoms with Crippen LogP contribution in [0.4, 0.5) is 0 Å². The molecule has 0 bridgehead atoms. The van der Waals surface area contributed by atoms with Crippen molar-refractivity contribution in [1.82, 2.24) is 9.80 Å². The molecule has 2 heterocycles. The Morgan fingerprint density at radius 3 is 2.61 bits per heavy atom. The summed E-state index contributed by atoms with van der Waals surface area (Å²) < 4.78 is 0. The van der Waals surface area contributed by atoms with Gasteiger partial charge in [-0.1, -0.05) is 0 Å². The first kappa shape index (κ1) is 13.8. The topological polar surface area (TPSA) is 43.8 Å². The van der Waals surface area contributed by atoms with Crippen molar-refractivity contribution in [3.05, 3.63) is 0 Å². The van der Waals surface area contributed by atoms with E-state index in [1.807, 2.05) is 4.90 Å². The second-order valence-corrected chi connectivity index (χ2v) is 5.62. The number of hydrogen-bond acceptors (Lipinski definition) is 3. The van der Waals surface area contributed by atoms with Crippen LogP contribution in [-0.4, -0.2) is 59.6 Å². The lowest BCUT2D eigenvalue weighted by molar-refractivity contribution is -0.131. The molecule has 2 aliphatic rings. The molecule has 0 aliphatic carbocycles. The van der Waals surface area contributed by atoms with Gasteiger partial charge >= 0.3 is 0 Å². The molecule has 0 spiro atoms. The summed E-state index contributed by atoms with van der Waals surface area (Å²) in [7, 11) is 0. The molecule has 1 atom stereocenters. The molecule has 104 valence electrons. The van der Waals surface area contributed by atoms with E-state index in [-0.39, 0.29) is 12.0 Å². The van der Waals surface area contributed by atoms with Crippen LogP contribution in [0.5, 0.6) is 0 Å². The summed E-state index contributed by atoms with van der Waals surface area (Å²) in [5.74, 6) is 0.281. The summed E-state index contributed by atoms with van der Waals surface area (Å²) in [5, 5.41) is 9.56. The van der Waals surface area contributed by atoms with Crippen molar-refractivity contribution >= 4 is 5.91 Å². The smallest absolute Gasteiger partial charge is 0.222 e. The monoisotopic (exact) mass is 254 g/mol. The molecule has 4 nitrogen and oxygen atoms in total. The average molecular weight is 254 g/mol. The van der Waals surface area contributed by atoms with E-state index in [2.05, 4.69) is 4.90 Å². The molecule has 4 heteroatoms. The largest absolute Gasteiger partial charge is 0.393 e. The van der Waals surface area contributed by atoms with Gasteiger partial charge in [-0.05, 0) is 58.2 Å². The van der Waals surface area contributed by atoms with Crippen molar-refractivity contribution < 1.29 is 9.90 Å². The molecule has 0 saturated carbocycles. The highest BCUT2D eigenvalue weighted by atomic mass is 16.3. The number of aliphatic hydroxyl groups excluding tert-OH is 1. The summed E-state index contributed by atoms with van der Waals surface area (Å²) in [6, 6.07) is 0. The number of amides is 1. The average Bonchev–Trinajstić information content (AvgIpc) is 2.77. The summed E-state index contributed by atoms with van der Waals surface area (Å²) in [5.41, 5.74) is 0. The first-order valence-electron chi connectivity index (χ1n) is 7.44. The summed E-state index contributed by atoms with van der Waals surface area (Å²) >= 11 is 0. The molecule has 2 saturated heterocycles. The normalized spacial score (nSPS) is 26.3. The van der Waals surface area contributed by atoms with Crippen molar-refractivity contribution in [3.63, 3.8) is 0 Å². The van der Waals surface area contributed by atoms with Gasteiger partial charge in [-0.15, -0.1) is 0 Å². The van der Waals surface area contributed by atoms with Gasteiger partial charge in [0.05, 0.1) is 6.10 Å². The fourth-order valence-electron chi connectivity index (χ4n) is 2.95. The predicted octanol–water partition coefficient (Wildman–Crippen LogP) is 1.24. The van der Waals surface area contributed by atoms with Crippen LogP contribution in [-0.2, 0) is 4.79 Å². The second-order valence-electron chi connectivity index (χ2n) is 5.62. The SMILES string of the molecule is O=C(CCCN1CCCC1)N1CCCC(O)CC1. The van der Waals surface area contributed by atoms with E-state index in [1.165, 1.54) is 25.9 Å². The molecular weight excluding hydrogens is 228 g/mol. The Morgan fingerprint density at radius 2 is 1.83 bits per heavy atom. The molecule has 0 aromatic carbocycles. The second kappa shape index (κ2) is 7.10. The van der Waals surface area contributed by atoms with Crippen molar-refractivity contribution in [3.8, 4) is 0 Å². The number of hydrogen-bond donors (Lipinski definition) is 1. The van der Waals surface area contributed by atoms with Gasteiger partial charge in [0.25, 0.3) is 0 Å². The number of nitrogens with zero attached hydrogens (tertiary/aromatic N) is 2. The quantitative estimate of drug-likeness (QED) is 0.821. The summed E-state index contributed by atoms with van der Waals surface area (Å²) in [6.07, 6.45) is 6.63. The van der Waals surface area contributed by atoms with Crippen LogP contribution in [0.15, 0.2) is 0 Å². The molecule has 0 radical (unpaired) electrons. The minimum absolute atomic E-state index is 0.201. The van der Waals surface area contributed by atoms with Crippen LogP contribution in [0, 0.1) is 0 Å². The lowest BCUT2D eigenvalue weighted by atomic mass is 10.2. The van der Waals surface area contributed by atoms with Gasteiger partial charge in [0.1, 0.15) is 0 Å². The van der Waals surface area contributed by atoms with Crippen LogP contribution in [0.2, 0.25) is 0 Å². The Balaban J connectivity index is 1.63. The minimum atomic E-state index is -0.201. The number of rotatable bonds is 4. The summed E-state index contributed by atoms with van der Waals surface area (Å²) in [4.78, 5) is 16.5. The molecule has 18 heavy (non-hydrogen) atoms. The Labute approximate surface area is 110 Å². The van der Waals surface area contributed by atoms with Gasteiger partial charge in [0.15, 0.2) is 0 Å². The van der Waals surface area contributed by atoms with Crippen LogP contribution < -0.4 is 0 Å². The van der Waals surface area contributed by atoms with Crippen LogP contribution >= 0.6 is 0 Å². The number of likely N-dealkylation sites (tertiary alicyclic amines) is 2. The molecule has 2 fully saturated rings. The third kappa shape index (κ3) is 4.25. The van der Waals surface area contributed by atoms with Gasteiger partial charge in [-0.3, -0.25) is 4.79 Å². The predicted molar refractivity (Wildman–Crippen MR) is 71.3 cm³/mol. The maximum Gasteiger partial charge on any atom is 0.222 e. The van der Waals surface area contributed by atoms with E-state index in [0.29, 0.717) is 6.42 Å². The van der Waals surface area contributed by atoms with E-state index in [0.717, 1.165) is 45.3 Å². The first-order valence-corrected chi connectivity index (χ1v) is 7.44. The maximum atomic E-state index is 12.1. The van der Waals surface area contributed by atoms with Gasteiger partial charge in [-0.25, -0.2) is 0 Å². The minimum Gasteiger partial charge on any atom is -0.393 e. The number of carbonyl (C=O) groups is 1. The Morgan fingerprint density at radius 1 is 1.06 bits per heavy atom. The molecule has 0 aromatic rings. The molecule has 0 aromatic heterocycles. The standard InChI is InChI=1S/C14H26N2O2/c17-13-5-3-11-16(12-7-13)14(18)6-4-10-15-8-1-2-9-15/h13,17H,1-12H2. The highest BCUT2D eigenvalue weighted by molar-refractivity contribution is 5.76. The lowest BCUT2D eigenvalue weighted by Crippen LogP contribution is -2.32. The maximum absolute atomic E-state index is 12.1.